The van der Waals surface area contributed by atoms with Gasteiger partial charge in [0, 0.05) is 17.3 Å². The second kappa shape index (κ2) is 8.58. The maximum absolute atomic E-state index is 13.1. The highest BCUT2D eigenvalue weighted by atomic mass is 16.2. The lowest BCUT2D eigenvalue weighted by Gasteiger charge is -2.25. The summed E-state index contributed by atoms with van der Waals surface area (Å²) in [6.07, 6.45) is 19.8. The van der Waals surface area contributed by atoms with Gasteiger partial charge in [-0.15, -0.1) is 0 Å². The van der Waals surface area contributed by atoms with Crippen LogP contribution in [0.4, 0.5) is 0 Å². The first kappa shape index (κ1) is 18.1. The number of nitrogens with one attached hydrogen (secondary N) is 1. The molecule has 4 nitrogen and oxygen atoms in total. The molecule has 2 fully saturated rings. The van der Waals surface area contributed by atoms with Crippen molar-refractivity contribution in [1.29, 1.82) is 0 Å². The van der Waals surface area contributed by atoms with Gasteiger partial charge < -0.3 is 5.32 Å². The lowest BCUT2D eigenvalue weighted by atomic mass is 9.92. The molecule has 1 amide bonds. The van der Waals surface area contributed by atoms with Crippen molar-refractivity contribution in [3.05, 3.63) is 17.0 Å². The highest BCUT2D eigenvalue weighted by Crippen LogP contribution is 2.33. The highest BCUT2D eigenvalue weighted by Gasteiger charge is 2.29. The Morgan fingerprint density at radius 3 is 2.19 bits per heavy atom. The van der Waals surface area contributed by atoms with Gasteiger partial charge in [0.05, 0.1) is 6.04 Å². The van der Waals surface area contributed by atoms with Crippen LogP contribution in [0, 0.1) is 0 Å². The van der Waals surface area contributed by atoms with E-state index in [9.17, 15) is 4.79 Å². The summed E-state index contributed by atoms with van der Waals surface area (Å²) in [7, 11) is 0. The molecule has 4 rings (SSSR count). The summed E-state index contributed by atoms with van der Waals surface area (Å²) in [4.78, 5) is 13.1. The first-order valence-electron chi connectivity index (χ1n) is 11.2. The number of aromatic nitrogens is 2. The SMILES string of the molecule is O=C(NC1CCCCCCC1)c1nn(C2CCCCC2)c2c1CCCC2. The highest BCUT2D eigenvalue weighted by molar-refractivity contribution is 5.94. The number of nitrogens with zero attached hydrogens (tertiary/aromatic N) is 2. The van der Waals surface area contributed by atoms with Gasteiger partial charge in [0.25, 0.3) is 5.91 Å². The Labute approximate surface area is 158 Å². The summed E-state index contributed by atoms with van der Waals surface area (Å²) >= 11 is 0. The Kier molecular flexibility index (Phi) is 5.96. The van der Waals surface area contributed by atoms with E-state index in [1.807, 2.05) is 0 Å². The predicted octanol–water partition coefficient (Wildman–Crippen LogP) is 5.11. The Morgan fingerprint density at radius 2 is 1.42 bits per heavy atom. The van der Waals surface area contributed by atoms with E-state index in [1.54, 1.807) is 0 Å². The summed E-state index contributed by atoms with van der Waals surface area (Å²) < 4.78 is 2.28. The minimum Gasteiger partial charge on any atom is -0.348 e. The van der Waals surface area contributed by atoms with Crippen LogP contribution >= 0.6 is 0 Å². The molecule has 0 saturated heterocycles. The molecule has 0 aliphatic heterocycles. The molecule has 3 aliphatic rings. The van der Waals surface area contributed by atoms with Gasteiger partial charge >= 0.3 is 0 Å². The third kappa shape index (κ3) is 3.99. The third-order valence-corrected chi connectivity index (χ3v) is 6.78. The van der Waals surface area contributed by atoms with E-state index in [2.05, 4.69) is 10.00 Å². The Hall–Kier alpha value is -1.32. The lowest BCUT2D eigenvalue weighted by molar-refractivity contribution is 0.0923. The molecule has 0 atom stereocenters. The molecule has 0 radical (unpaired) electrons. The van der Waals surface area contributed by atoms with Crippen LogP contribution in [0.25, 0.3) is 0 Å². The van der Waals surface area contributed by atoms with Gasteiger partial charge in [-0.05, 0) is 51.4 Å². The van der Waals surface area contributed by atoms with E-state index in [-0.39, 0.29) is 5.91 Å². The number of hydrogen-bond acceptors (Lipinski definition) is 2. The van der Waals surface area contributed by atoms with Crippen molar-refractivity contribution in [2.24, 2.45) is 0 Å². The van der Waals surface area contributed by atoms with Crippen molar-refractivity contribution < 1.29 is 4.79 Å². The monoisotopic (exact) mass is 357 g/mol. The smallest absolute Gasteiger partial charge is 0.272 e. The standard InChI is InChI=1S/C22H35N3O/c26-22(23-17-11-5-2-1-3-6-12-17)21-19-15-9-10-16-20(19)25(24-21)18-13-7-4-8-14-18/h17-18H,1-16H2,(H,23,26). The molecule has 26 heavy (non-hydrogen) atoms. The van der Waals surface area contributed by atoms with Crippen molar-refractivity contribution in [3.8, 4) is 0 Å². The number of carbonyl (C=O) groups excluding carboxylic acids is 1. The van der Waals surface area contributed by atoms with E-state index in [0.717, 1.165) is 31.4 Å². The van der Waals surface area contributed by atoms with Crippen LogP contribution in [-0.2, 0) is 12.8 Å². The Morgan fingerprint density at radius 1 is 0.808 bits per heavy atom. The maximum Gasteiger partial charge on any atom is 0.272 e. The van der Waals surface area contributed by atoms with Crippen LogP contribution in [0.5, 0.6) is 0 Å². The molecule has 3 aliphatic carbocycles. The van der Waals surface area contributed by atoms with Crippen LogP contribution in [0.3, 0.4) is 0 Å². The number of amides is 1. The zero-order valence-electron chi connectivity index (χ0n) is 16.3. The molecule has 1 aromatic heterocycles. The van der Waals surface area contributed by atoms with E-state index in [4.69, 9.17) is 5.10 Å². The summed E-state index contributed by atoms with van der Waals surface area (Å²) in [6, 6.07) is 0.875. The molecule has 0 aromatic carbocycles. The van der Waals surface area contributed by atoms with Gasteiger partial charge in [-0.3, -0.25) is 9.48 Å². The second-order valence-electron chi connectivity index (χ2n) is 8.73. The summed E-state index contributed by atoms with van der Waals surface area (Å²) in [5.41, 5.74) is 3.41. The van der Waals surface area contributed by atoms with Crippen molar-refractivity contribution >= 4 is 5.91 Å². The molecule has 1 aromatic rings. The van der Waals surface area contributed by atoms with Crippen LogP contribution in [-0.4, -0.2) is 21.7 Å². The molecule has 2 saturated carbocycles. The first-order chi connectivity index (χ1) is 12.8. The third-order valence-electron chi connectivity index (χ3n) is 6.78. The van der Waals surface area contributed by atoms with E-state index in [0.29, 0.717) is 12.1 Å². The summed E-state index contributed by atoms with van der Waals surface area (Å²) in [5.74, 6) is 0.100. The quantitative estimate of drug-likeness (QED) is 0.817. The molecule has 0 unspecified atom stereocenters. The zero-order valence-corrected chi connectivity index (χ0v) is 16.3. The molecule has 1 heterocycles. The molecular weight excluding hydrogens is 322 g/mol. The van der Waals surface area contributed by atoms with Crippen LogP contribution in [0.2, 0.25) is 0 Å². The Bertz CT molecular complexity index is 607. The average Bonchev–Trinajstić information content (AvgIpc) is 3.04. The largest absolute Gasteiger partial charge is 0.348 e. The van der Waals surface area contributed by atoms with Crippen LogP contribution in [0.1, 0.15) is 118 Å². The van der Waals surface area contributed by atoms with E-state index in [1.165, 1.54) is 88.3 Å². The van der Waals surface area contributed by atoms with Crippen molar-refractivity contribution in [2.45, 2.75) is 115 Å². The molecule has 1 N–H and O–H groups in total. The van der Waals surface area contributed by atoms with Gasteiger partial charge in [0.2, 0.25) is 0 Å². The fraction of sp³-hybridized carbons (Fsp3) is 0.818. The number of carbonyl (C=O) groups is 1. The first-order valence-corrected chi connectivity index (χ1v) is 11.2. The fourth-order valence-corrected chi connectivity index (χ4v) is 5.29. The molecule has 144 valence electrons. The van der Waals surface area contributed by atoms with Crippen molar-refractivity contribution in [1.82, 2.24) is 15.1 Å². The van der Waals surface area contributed by atoms with Crippen LogP contribution in [0.15, 0.2) is 0 Å². The minimum absolute atomic E-state index is 0.100. The van der Waals surface area contributed by atoms with E-state index < -0.39 is 0 Å². The molecule has 0 spiro atoms. The Balaban J connectivity index is 1.53. The zero-order chi connectivity index (χ0) is 17.8. The van der Waals surface area contributed by atoms with Gasteiger partial charge in [-0.25, -0.2) is 0 Å². The number of hydrogen-bond donors (Lipinski definition) is 1. The van der Waals surface area contributed by atoms with Crippen LogP contribution < -0.4 is 5.32 Å². The minimum atomic E-state index is 0.100. The molecule has 0 bridgehead atoms. The van der Waals surface area contributed by atoms with Crippen molar-refractivity contribution in [2.75, 3.05) is 0 Å². The van der Waals surface area contributed by atoms with Gasteiger partial charge in [0.1, 0.15) is 0 Å². The van der Waals surface area contributed by atoms with Gasteiger partial charge in [-0.1, -0.05) is 51.4 Å². The fourth-order valence-electron chi connectivity index (χ4n) is 5.29. The van der Waals surface area contributed by atoms with Gasteiger partial charge in [-0.2, -0.15) is 5.10 Å². The molecular formula is C22H35N3O. The van der Waals surface area contributed by atoms with Crippen molar-refractivity contribution in [3.63, 3.8) is 0 Å². The summed E-state index contributed by atoms with van der Waals surface area (Å²) in [6.45, 7) is 0. The normalized spacial score (nSPS) is 23.1. The predicted molar refractivity (Wildman–Crippen MR) is 105 cm³/mol. The average molecular weight is 358 g/mol. The number of rotatable bonds is 3. The molecule has 4 heteroatoms. The van der Waals surface area contributed by atoms with Gasteiger partial charge in [0.15, 0.2) is 5.69 Å². The van der Waals surface area contributed by atoms with E-state index >= 15 is 0 Å². The number of fused-ring (bicyclic) bond motifs is 1. The topological polar surface area (TPSA) is 46.9 Å². The summed E-state index contributed by atoms with van der Waals surface area (Å²) in [5, 5.41) is 8.28. The maximum atomic E-state index is 13.1. The second-order valence-corrected chi connectivity index (χ2v) is 8.73. The lowest BCUT2D eigenvalue weighted by Crippen LogP contribution is -2.36.